The lowest BCUT2D eigenvalue weighted by Crippen LogP contribution is -2.33. The predicted octanol–water partition coefficient (Wildman–Crippen LogP) is 4.13. The van der Waals surface area contributed by atoms with E-state index in [2.05, 4.69) is 12.2 Å². The molecule has 0 aromatic heterocycles. The van der Waals surface area contributed by atoms with Gasteiger partial charge in [-0.05, 0) is 44.1 Å². The highest BCUT2D eigenvalue weighted by Crippen LogP contribution is 2.37. The number of rotatable bonds is 6. The van der Waals surface area contributed by atoms with Crippen LogP contribution in [-0.4, -0.2) is 12.6 Å². The molecule has 1 N–H and O–H groups in total. The maximum absolute atomic E-state index is 3.80. The molecular formula is C15H29N. The fraction of sp³-hybridized carbons (Fsp3) is 1.00. The normalized spacial score (nSPS) is 25.3. The zero-order valence-corrected chi connectivity index (χ0v) is 11.0. The van der Waals surface area contributed by atoms with Crippen LogP contribution in [0.15, 0.2) is 0 Å². The molecule has 1 heteroatoms. The molecule has 1 atom stereocenters. The van der Waals surface area contributed by atoms with Gasteiger partial charge in [-0.2, -0.15) is 0 Å². The zero-order chi connectivity index (χ0) is 11.2. The predicted molar refractivity (Wildman–Crippen MR) is 70.6 cm³/mol. The minimum atomic E-state index is 0.864. The van der Waals surface area contributed by atoms with Crippen LogP contribution in [0.1, 0.15) is 71.1 Å². The lowest BCUT2D eigenvalue weighted by atomic mass is 9.90. The van der Waals surface area contributed by atoms with Crippen molar-refractivity contribution < 1.29 is 0 Å². The highest BCUT2D eigenvalue weighted by molar-refractivity contribution is 4.88. The zero-order valence-electron chi connectivity index (χ0n) is 11.0. The number of nitrogens with one attached hydrogen (secondary N) is 1. The van der Waals surface area contributed by atoms with Gasteiger partial charge in [0, 0.05) is 6.04 Å². The minimum Gasteiger partial charge on any atom is -0.314 e. The van der Waals surface area contributed by atoms with Crippen LogP contribution >= 0.6 is 0 Å². The molecule has 0 bridgehead atoms. The Morgan fingerprint density at radius 3 is 2.25 bits per heavy atom. The van der Waals surface area contributed by atoms with E-state index in [0.717, 1.165) is 17.9 Å². The highest BCUT2D eigenvalue weighted by atomic mass is 14.9. The summed E-state index contributed by atoms with van der Waals surface area (Å²) in [5.41, 5.74) is 0. The van der Waals surface area contributed by atoms with E-state index in [1.54, 1.807) is 0 Å². The molecule has 1 unspecified atom stereocenters. The van der Waals surface area contributed by atoms with Crippen molar-refractivity contribution in [2.75, 3.05) is 6.54 Å². The molecule has 0 radical (unpaired) electrons. The Morgan fingerprint density at radius 2 is 1.69 bits per heavy atom. The second-order valence-electron chi connectivity index (χ2n) is 5.99. The van der Waals surface area contributed by atoms with Gasteiger partial charge in [-0.1, -0.05) is 45.4 Å². The smallest absolute Gasteiger partial charge is 0.00979 e. The molecule has 2 aliphatic carbocycles. The first-order valence-corrected chi connectivity index (χ1v) is 7.63. The van der Waals surface area contributed by atoms with Crippen molar-refractivity contribution in [3.05, 3.63) is 0 Å². The van der Waals surface area contributed by atoms with Crippen LogP contribution in [0.3, 0.4) is 0 Å². The maximum Gasteiger partial charge on any atom is 0.00979 e. The van der Waals surface area contributed by atoms with Crippen LogP contribution in [-0.2, 0) is 0 Å². The molecule has 1 nitrogen and oxygen atoms in total. The van der Waals surface area contributed by atoms with Crippen LogP contribution in [0.4, 0.5) is 0 Å². The molecule has 0 amide bonds. The molecule has 2 saturated carbocycles. The second-order valence-corrected chi connectivity index (χ2v) is 5.99. The summed E-state index contributed by atoms with van der Waals surface area (Å²) in [6.07, 6.45) is 14.8. The average molecular weight is 223 g/mol. The van der Waals surface area contributed by atoms with Crippen LogP contribution in [0.5, 0.6) is 0 Å². The van der Waals surface area contributed by atoms with E-state index in [0.29, 0.717) is 0 Å². The van der Waals surface area contributed by atoms with Crippen molar-refractivity contribution in [1.82, 2.24) is 5.32 Å². The van der Waals surface area contributed by atoms with E-state index in [1.165, 1.54) is 70.8 Å². The third-order valence-electron chi connectivity index (χ3n) is 4.41. The van der Waals surface area contributed by atoms with Crippen LogP contribution in [0.2, 0.25) is 0 Å². The molecule has 0 aromatic carbocycles. The molecule has 16 heavy (non-hydrogen) atoms. The molecule has 0 heterocycles. The average Bonchev–Trinajstić information content (AvgIpc) is 3.10. The highest BCUT2D eigenvalue weighted by Gasteiger charge is 2.32. The third-order valence-corrected chi connectivity index (χ3v) is 4.41. The van der Waals surface area contributed by atoms with Gasteiger partial charge in [0.05, 0.1) is 0 Å². The Kier molecular flexibility index (Phi) is 5.15. The van der Waals surface area contributed by atoms with Gasteiger partial charge in [0.2, 0.25) is 0 Å². The number of hydrogen-bond donors (Lipinski definition) is 1. The van der Waals surface area contributed by atoms with Crippen molar-refractivity contribution in [3.63, 3.8) is 0 Å². The number of hydrogen-bond acceptors (Lipinski definition) is 1. The fourth-order valence-corrected chi connectivity index (χ4v) is 3.23. The molecule has 94 valence electrons. The Morgan fingerprint density at radius 1 is 1.00 bits per heavy atom. The van der Waals surface area contributed by atoms with Crippen molar-refractivity contribution in [3.8, 4) is 0 Å². The summed E-state index contributed by atoms with van der Waals surface area (Å²) in [4.78, 5) is 0. The van der Waals surface area contributed by atoms with E-state index >= 15 is 0 Å². The molecular weight excluding hydrogens is 194 g/mol. The third kappa shape index (κ3) is 4.08. The first-order chi connectivity index (χ1) is 7.90. The Bertz CT molecular complexity index is 178. The van der Waals surface area contributed by atoms with Gasteiger partial charge < -0.3 is 5.32 Å². The SMILES string of the molecule is CCCNC(CC1CCCCCC1)C1CC1. The lowest BCUT2D eigenvalue weighted by molar-refractivity contribution is 0.329. The van der Waals surface area contributed by atoms with Gasteiger partial charge in [0.15, 0.2) is 0 Å². The van der Waals surface area contributed by atoms with Crippen molar-refractivity contribution in [1.29, 1.82) is 0 Å². The monoisotopic (exact) mass is 223 g/mol. The van der Waals surface area contributed by atoms with Gasteiger partial charge in [0.1, 0.15) is 0 Å². The molecule has 0 aliphatic heterocycles. The molecule has 2 rings (SSSR count). The summed E-state index contributed by atoms with van der Waals surface area (Å²) in [6, 6.07) is 0.864. The van der Waals surface area contributed by atoms with Crippen molar-refractivity contribution >= 4 is 0 Å². The maximum atomic E-state index is 3.80. The first-order valence-electron chi connectivity index (χ1n) is 7.63. The molecule has 0 saturated heterocycles. The second kappa shape index (κ2) is 6.64. The summed E-state index contributed by atoms with van der Waals surface area (Å²) in [5, 5.41) is 3.80. The fourth-order valence-electron chi connectivity index (χ4n) is 3.23. The molecule has 0 spiro atoms. The van der Waals surface area contributed by atoms with E-state index in [9.17, 15) is 0 Å². The van der Waals surface area contributed by atoms with Crippen molar-refractivity contribution in [2.45, 2.75) is 77.2 Å². The standard InChI is InChI=1S/C15H29N/c1-2-11-16-15(14-9-10-14)12-13-7-5-3-4-6-8-13/h13-16H,2-12H2,1H3. The summed E-state index contributed by atoms with van der Waals surface area (Å²) < 4.78 is 0. The van der Waals surface area contributed by atoms with E-state index in [1.807, 2.05) is 0 Å². The largest absolute Gasteiger partial charge is 0.314 e. The van der Waals surface area contributed by atoms with Gasteiger partial charge >= 0.3 is 0 Å². The minimum absolute atomic E-state index is 0.864. The van der Waals surface area contributed by atoms with Gasteiger partial charge in [-0.25, -0.2) is 0 Å². The Balaban J connectivity index is 1.74. The van der Waals surface area contributed by atoms with E-state index in [-0.39, 0.29) is 0 Å². The summed E-state index contributed by atoms with van der Waals surface area (Å²) in [5.74, 6) is 2.08. The lowest BCUT2D eigenvalue weighted by Gasteiger charge is -2.23. The van der Waals surface area contributed by atoms with Crippen LogP contribution in [0, 0.1) is 11.8 Å². The van der Waals surface area contributed by atoms with Crippen LogP contribution in [0.25, 0.3) is 0 Å². The first kappa shape index (κ1) is 12.4. The van der Waals surface area contributed by atoms with E-state index in [4.69, 9.17) is 0 Å². The molecule has 2 fully saturated rings. The summed E-state index contributed by atoms with van der Waals surface area (Å²) in [6.45, 7) is 3.51. The van der Waals surface area contributed by atoms with Gasteiger partial charge in [0.25, 0.3) is 0 Å². The van der Waals surface area contributed by atoms with Crippen LogP contribution < -0.4 is 5.32 Å². The Labute approximate surface area is 101 Å². The molecule has 2 aliphatic rings. The summed E-state index contributed by atoms with van der Waals surface area (Å²) in [7, 11) is 0. The quantitative estimate of drug-likeness (QED) is 0.668. The van der Waals surface area contributed by atoms with Gasteiger partial charge in [-0.3, -0.25) is 0 Å². The van der Waals surface area contributed by atoms with Crippen molar-refractivity contribution in [2.24, 2.45) is 11.8 Å². The van der Waals surface area contributed by atoms with Gasteiger partial charge in [-0.15, -0.1) is 0 Å². The summed E-state index contributed by atoms with van der Waals surface area (Å²) >= 11 is 0. The Hall–Kier alpha value is -0.0400. The topological polar surface area (TPSA) is 12.0 Å². The van der Waals surface area contributed by atoms with E-state index < -0.39 is 0 Å². The molecule has 0 aromatic rings.